The van der Waals surface area contributed by atoms with E-state index < -0.39 is 0 Å². The maximum Gasteiger partial charge on any atom is 0.262 e. The average molecular weight is 365 g/mol. The molecule has 0 aromatic heterocycles. The van der Waals surface area contributed by atoms with E-state index in [1.165, 1.54) is 6.08 Å². The van der Waals surface area contributed by atoms with Crippen molar-refractivity contribution in [3.63, 3.8) is 0 Å². The summed E-state index contributed by atoms with van der Waals surface area (Å²) in [6.45, 7) is 3.33. The van der Waals surface area contributed by atoms with E-state index in [1.54, 1.807) is 30.3 Å². The fourth-order valence-corrected chi connectivity index (χ4v) is 2.63. The number of carbonyl (C=O) groups excluding carboxylic acids is 3. The van der Waals surface area contributed by atoms with Gasteiger partial charge in [0.2, 0.25) is 11.8 Å². The first-order valence-corrected chi connectivity index (χ1v) is 8.43. The van der Waals surface area contributed by atoms with Gasteiger partial charge in [0, 0.05) is 12.1 Å². The summed E-state index contributed by atoms with van der Waals surface area (Å²) in [7, 11) is 0. The number of para-hydroxylation sites is 1. The standard InChI is InChI=1S/C20H19N3O4/c1-2-17(24)21-14-9-6-13(7-10-14)8-11-18(25)22-15-4-3-5-16-20(15)27-12-19(26)23-16/h2-7,9-10H,1,8,11-12H2,(H,21,24)(H,22,25)(H,23,26). The molecule has 3 amide bonds. The Hall–Kier alpha value is -3.61. The van der Waals surface area contributed by atoms with Gasteiger partial charge in [-0.1, -0.05) is 24.8 Å². The summed E-state index contributed by atoms with van der Waals surface area (Å²) >= 11 is 0. The Balaban J connectivity index is 1.56. The Kier molecular flexibility index (Phi) is 5.51. The van der Waals surface area contributed by atoms with Crippen molar-refractivity contribution in [2.24, 2.45) is 0 Å². The van der Waals surface area contributed by atoms with E-state index in [0.717, 1.165) is 5.56 Å². The number of benzene rings is 2. The molecule has 0 unspecified atom stereocenters. The Morgan fingerprint density at radius 1 is 1.15 bits per heavy atom. The zero-order valence-corrected chi connectivity index (χ0v) is 14.6. The minimum Gasteiger partial charge on any atom is -0.479 e. The second-order valence-corrected chi connectivity index (χ2v) is 5.96. The van der Waals surface area contributed by atoms with Crippen molar-refractivity contribution in [2.75, 3.05) is 22.6 Å². The lowest BCUT2D eigenvalue weighted by Gasteiger charge is -2.20. The highest BCUT2D eigenvalue weighted by Crippen LogP contribution is 2.35. The molecule has 138 valence electrons. The van der Waals surface area contributed by atoms with Gasteiger partial charge in [-0.15, -0.1) is 0 Å². The lowest BCUT2D eigenvalue weighted by atomic mass is 10.1. The van der Waals surface area contributed by atoms with Crippen LogP contribution in [0.15, 0.2) is 55.1 Å². The van der Waals surface area contributed by atoms with Crippen LogP contribution in [0.2, 0.25) is 0 Å². The summed E-state index contributed by atoms with van der Waals surface area (Å²) in [6.07, 6.45) is 2.04. The van der Waals surface area contributed by atoms with Crippen molar-refractivity contribution < 1.29 is 19.1 Å². The van der Waals surface area contributed by atoms with Crippen LogP contribution < -0.4 is 20.7 Å². The number of anilines is 3. The van der Waals surface area contributed by atoms with Crippen LogP contribution in [0.5, 0.6) is 5.75 Å². The average Bonchev–Trinajstić information content (AvgIpc) is 2.67. The number of rotatable bonds is 6. The SMILES string of the molecule is C=CC(=O)Nc1ccc(CCC(=O)Nc2cccc3c2OCC(=O)N3)cc1. The summed E-state index contributed by atoms with van der Waals surface area (Å²) in [5, 5.41) is 8.19. The first kappa shape index (κ1) is 18.2. The molecule has 1 aliphatic rings. The van der Waals surface area contributed by atoms with Gasteiger partial charge in [-0.2, -0.15) is 0 Å². The molecule has 7 heteroatoms. The van der Waals surface area contributed by atoms with Gasteiger partial charge in [0.1, 0.15) is 0 Å². The molecule has 3 rings (SSSR count). The Labute approximate surface area is 156 Å². The molecule has 0 radical (unpaired) electrons. The summed E-state index contributed by atoms with van der Waals surface area (Å²) in [6, 6.07) is 12.4. The van der Waals surface area contributed by atoms with Crippen LogP contribution in [0.4, 0.5) is 17.1 Å². The maximum absolute atomic E-state index is 12.3. The smallest absolute Gasteiger partial charge is 0.262 e. The van der Waals surface area contributed by atoms with E-state index in [4.69, 9.17) is 4.74 Å². The minimum absolute atomic E-state index is 0.0748. The van der Waals surface area contributed by atoms with Gasteiger partial charge < -0.3 is 20.7 Å². The molecule has 2 aromatic carbocycles. The molecule has 0 aliphatic carbocycles. The molecule has 0 saturated carbocycles. The summed E-state index contributed by atoms with van der Waals surface area (Å²) < 4.78 is 5.42. The molecular formula is C20H19N3O4. The maximum atomic E-state index is 12.3. The lowest BCUT2D eigenvalue weighted by Crippen LogP contribution is -2.26. The van der Waals surface area contributed by atoms with Crippen molar-refractivity contribution in [1.29, 1.82) is 0 Å². The molecule has 0 atom stereocenters. The van der Waals surface area contributed by atoms with Crippen LogP contribution in [-0.2, 0) is 20.8 Å². The number of carbonyl (C=O) groups is 3. The van der Waals surface area contributed by atoms with Crippen LogP contribution >= 0.6 is 0 Å². The zero-order valence-electron chi connectivity index (χ0n) is 14.6. The molecule has 1 aliphatic heterocycles. The number of aryl methyl sites for hydroxylation is 1. The van der Waals surface area contributed by atoms with Gasteiger partial charge in [-0.3, -0.25) is 14.4 Å². The third-order valence-electron chi connectivity index (χ3n) is 3.96. The van der Waals surface area contributed by atoms with Crippen molar-refractivity contribution in [3.8, 4) is 5.75 Å². The molecule has 1 heterocycles. The van der Waals surface area contributed by atoms with Gasteiger partial charge in [-0.25, -0.2) is 0 Å². The van der Waals surface area contributed by atoms with Gasteiger partial charge in [0.05, 0.1) is 11.4 Å². The third kappa shape index (κ3) is 4.72. The first-order valence-electron chi connectivity index (χ1n) is 8.43. The Morgan fingerprint density at radius 3 is 2.67 bits per heavy atom. The molecule has 0 saturated heterocycles. The van der Waals surface area contributed by atoms with Crippen LogP contribution in [-0.4, -0.2) is 24.3 Å². The highest BCUT2D eigenvalue weighted by molar-refractivity contribution is 6.00. The molecule has 3 N–H and O–H groups in total. The second kappa shape index (κ2) is 8.18. The summed E-state index contributed by atoms with van der Waals surface area (Å²) in [5.41, 5.74) is 2.71. The van der Waals surface area contributed by atoms with E-state index in [1.807, 2.05) is 12.1 Å². The Morgan fingerprint density at radius 2 is 1.93 bits per heavy atom. The summed E-state index contributed by atoms with van der Waals surface area (Å²) in [5.74, 6) is -0.189. The highest BCUT2D eigenvalue weighted by atomic mass is 16.5. The lowest BCUT2D eigenvalue weighted by molar-refractivity contribution is -0.118. The molecule has 0 spiro atoms. The van der Waals surface area contributed by atoms with E-state index in [0.29, 0.717) is 29.2 Å². The third-order valence-corrected chi connectivity index (χ3v) is 3.96. The molecule has 27 heavy (non-hydrogen) atoms. The number of ether oxygens (including phenoxy) is 1. The largest absolute Gasteiger partial charge is 0.479 e. The number of fused-ring (bicyclic) bond motifs is 1. The quantitative estimate of drug-likeness (QED) is 0.686. The van der Waals surface area contributed by atoms with Crippen LogP contribution in [0.25, 0.3) is 0 Å². The van der Waals surface area contributed by atoms with Crippen molar-refractivity contribution in [3.05, 3.63) is 60.7 Å². The van der Waals surface area contributed by atoms with E-state index in [-0.39, 0.29) is 30.7 Å². The molecule has 0 bridgehead atoms. The number of amides is 3. The van der Waals surface area contributed by atoms with Crippen LogP contribution in [0.1, 0.15) is 12.0 Å². The van der Waals surface area contributed by atoms with E-state index in [9.17, 15) is 14.4 Å². The predicted molar refractivity (Wildman–Crippen MR) is 103 cm³/mol. The monoisotopic (exact) mass is 365 g/mol. The van der Waals surface area contributed by atoms with Crippen molar-refractivity contribution >= 4 is 34.8 Å². The number of nitrogens with one attached hydrogen (secondary N) is 3. The second-order valence-electron chi connectivity index (χ2n) is 5.96. The van der Waals surface area contributed by atoms with Gasteiger partial charge >= 0.3 is 0 Å². The fraction of sp³-hybridized carbons (Fsp3) is 0.150. The zero-order chi connectivity index (χ0) is 19.2. The molecule has 7 nitrogen and oxygen atoms in total. The van der Waals surface area contributed by atoms with Gasteiger partial charge in [-0.05, 0) is 42.3 Å². The topological polar surface area (TPSA) is 96.5 Å². The van der Waals surface area contributed by atoms with Crippen molar-refractivity contribution in [1.82, 2.24) is 0 Å². The Bertz CT molecular complexity index is 891. The fourth-order valence-electron chi connectivity index (χ4n) is 2.63. The van der Waals surface area contributed by atoms with Crippen molar-refractivity contribution in [2.45, 2.75) is 12.8 Å². The van der Waals surface area contributed by atoms with Crippen LogP contribution in [0.3, 0.4) is 0 Å². The van der Waals surface area contributed by atoms with Gasteiger partial charge in [0.25, 0.3) is 5.91 Å². The van der Waals surface area contributed by atoms with Crippen LogP contribution in [0, 0.1) is 0 Å². The number of hydrogen-bond acceptors (Lipinski definition) is 4. The number of hydrogen-bond donors (Lipinski definition) is 3. The summed E-state index contributed by atoms with van der Waals surface area (Å²) in [4.78, 5) is 34.9. The molecular weight excluding hydrogens is 346 g/mol. The van der Waals surface area contributed by atoms with E-state index in [2.05, 4.69) is 22.5 Å². The highest BCUT2D eigenvalue weighted by Gasteiger charge is 2.19. The molecule has 2 aromatic rings. The minimum atomic E-state index is -0.272. The molecule has 0 fully saturated rings. The van der Waals surface area contributed by atoms with E-state index >= 15 is 0 Å². The predicted octanol–water partition coefficient (Wildman–Crippen LogP) is 2.71. The first-order chi connectivity index (χ1) is 13.0. The van der Waals surface area contributed by atoms with Gasteiger partial charge in [0.15, 0.2) is 12.4 Å². The normalized spacial score (nSPS) is 12.2.